The average molecular weight is 413 g/mol. The Morgan fingerprint density at radius 2 is 2.13 bits per heavy atom. The van der Waals surface area contributed by atoms with Crippen LogP contribution in [0, 0.1) is 17.0 Å². The first kappa shape index (κ1) is 19.6. The Balaban J connectivity index is 1.65. The van der Waals surface area contributed by atoms with E-state index in [2.05, 4.69) is 16.4 Å². The Labute approximate surface area is 174 Å². The zero-order valence-corrected chi connectivity index (χ0v) is 17.1. The number of aliphatic hydroxyl groups is 1. The van der Waals surface area contributed by atoms with Gasteiger partial charge in [0.05, 0.1) is 37.4 Å². The van der Waals surface area contributed by atoms with Crippen molar-refractivity contribution in [2.75, 3.05) is 27.4 Å². The maximum absolute atomic E-state index is 14.3. The van der Waals surface area contributed by atoms with Gasteiger partial charge in [-0.3, -0.25) is 0 Å². The number of rotatable bonds is 3. The summed E-state index contributed by atoms with van der Waals surface area (Å²) in [6, 6.07) is 7.09. The molecule has 5 rings (SSSR count). The van der Waals surface area contributed by atoms with E-state index in [0.717, 1.165) is 16.6 Å². The van der Waals surface area contributed by atoms with Gasteiger partial charge >= 0.3 is 5.97 Å². The number of aromatic amines is 1. The van der Waals surface area contributed by atoms with Crippen molar-refractivity contribution in [2.45, 2.75) is 31.2 Å². The van der Waals surface area contributed by atoms with Gasteiger partial charge < -0.3 is 34.7 Å². The molecule has 0 spiro atoms. The van der Waals surface area contributed by atoms with Gasteiger partial charge in [0.1, 0.15) is 18.3 Å². The number of carbonyl (C=O) groups excluding carboxylic acids is 1. The summed E-state index contributed by atoms with van der Waals surface area (Å²) in [5.41, 5.74) is 3.63. The monoisotopic (exact) mass is 413 g/mol. The van der Waals surface area contributed by atoms with E-state index in [-0.39, 0.29) is 24.5 Å². The van der Waals surface area contributed by atoms with Crippen LogP contribution < -0.4 is 5.32 Å². The van der Waals surface area contributed by atoms with Gasteiger partial charge in [-0.2, -0.15) is 0 Å². The molecule has 3 aliphatic heterocycles. The Hall–Kier alpha value is -2.39. The Kier molecular flexibility index (Phi) is 4.62. The maximum Gasteiger partial charge on any atom is 0.335 e. The molecule has 8 nitrogen and oxygen atoms in total. The minimum atomic E-state index is -0.612. The van der Waals surface area contributed by atoms with Crippen LogP contribution in [-0.4, -0.2) is 60.3 Å². The molecule has 1 aromatic carbocycles. The molecule has 6 atom stereocenters. The van der Waals surface area contributed by atoms with Crippen molar-refractivity contribution >= 4 is 16.9 Å². The van der Waals surface area contributed by atoms with Crippen LogP contribution in [0.4, 0.5) is 0 Å². The number of methoxy groups -OCH3 is 2. The van der Waals surface area contributed by atoms with Crippen molar-refractivity contribution in [1.82, 2.24) is 10.3 Å². The third-order valence-electron chi connectivity index (χ3n) is 7.38. The van der Waals surface area contributed by atoms with E-state index in [1.165, 1.54) is 12.7 Å². The fraction of sp³-hybridized carbons (Fsp3) is 0.500. The summed E-state index contributed by atoms with van der Waals surface area (Å²) in [6.45, 7) is 0.119. The van der Waals surface area contributed by atoms with Crippen LogP contribution in [0.15, 0.2) is 36.0 Å². The number of esters is 1. The molecule has 160 valence electrons. The second-order valence-electron chi connectivity index (χ2n) is 8.49. The van der Waals surface area contributed by atoms with Crippen LogP contribution in [0.5, 0.6) is 0 Å². The molecular weight excluding hydrogens is 386 g/mol. The third-order valence-corrected chi connectivity index (χ3v) is 7.38. The minimum absolute atomic E-state index is 0.247. The van der Waals surface area contributed by atoms with Gasteiger partial charge in [0.2, 0.25) is 0 Å². The lowest BCUT2D eigenvalue weighted by Crippen LogP contribution is -2.68. The predicted octanol–water partition coefficient (Wildman–Crippen LogP) is 1.71. The Morgan fingerprint density at radius 1 is 1.33 bits per heavy atom. The number of hydroxylamine groups is 3. The number of ether oxygens (including phenoxy) is 2. The first-order valence-electron chi connectivity index (χ1n) is 10.4. The third kappa shape index (κ3) is 2.58. The second kappa shape index (κ2) is 7.09. The van der Waals surface area contributed by atoms with E-state index in [1.54, 1.807) is 13.3 Å². The predicted molar refractivity (Wildman–Crippen MR) is 110 cm³/mol. The highest BCUT2D eigenvalue weighted by Gasteiger charge is 2.58. The number of benzene rings is 1. The quantitative estimate of drug-likeness (QED) is 0.402. The number of para-hydroxylation sites is 1. The largest absolute Gasteiger partial charge is 0.632 e. The van der Waals surface area contributed by atoms with Gasteiger partial charge in [0.25, 0.3) is 0 Å². The van der Waals surface area contributed by atoms with Crippen molar-refractivity contribution in [1.29, 1.82) is 0 Å². The number of nitrogens with one attached hydrogen (secondary N) is 2. The number of piperidine rings is 1. The molecule has 0 radical (unpaired) electrons. The van der Waals surface area contributed by atoms with E-state index in [9.17, 15) is 15.1 Å². The zero-order chi connectivity index (χ0) is 21.0. The van der Waals surface area contributed by atoms with E-state index in [1.807, 2.05) is 18.2 Å². The summed E-state index contributed by atoms with van der Waals surface area (Å²) < 4.78 is 10.1. The van der Waals surface area contributed by atoms with Crippen molar-refractivity contribution in [3.8, 4) is 0 Å². The summed E-state index contributed by atoms with van der Waals surface area (Å²) in [7, 11) is 2.94. The van der Waals surface area contributed by atoms with Gasteiger partial charge in [-0.25, -0.2) is 4.79 Å². The molecule has 30 heavy (non-hydrogen) atoms. The van der Waals surface area contributed by atoms with Gasteiger partial charge in [0.15, 0.2) is 0 Å². The zero-order valence-electron chi connectivity index (χ0n) is 17.1. The highest BCUT2D eigenvalue weighted by Crippen LogP contribution is 2.53. The number of aromatic nitrogens is 1. The van der Waals surface area contributed by atoms with E-state index < -0.39 is 22.9 Å². The molecule has 1 saturated heterocycles. The van der Waals surface area contributed by atoms with Crippen molar-refractivity contribution in [2.24, 2.45) is 11.8 Å². The normalized spacial score (nSPS) is 34.9. The number of nitrogens with zero attached hydrogens (tertiary/aromatic N) is 1. The van der Waals surface area contributed by atoms with Crippen molar-refractivity contribution in [3.05, 3.63) is 52.5 Å². The number of hydrogen-bond donors (Lipinski definition) is 3. The van der Waals surface area contributed by atoms with Crippen molar-refractivity contribution in [3.63, 3.8) is 0 Å². The fourth-order valence-electron chi connectivity index (χ4n) is 6.04. The number of quaternary nitrogens is 1. The Bertz CT molecular complexity index is 1020. The number of fused-ring (bicyclic) bond motifs is 6. The highest BCUT2D eigenvalue weighted by atomic mass is 16.6. The fourth-order valence-corrected chi connectivity index (χ4v) is 6.04. The summed E-state index contributed by atoms with van der Waals surface area (Å²) in [5.74, 6) is -0.996. The van der Waals surface area contributed by atoms with Crippen LogP contribution >= 0.6 is 0 Å². The van der Waals surface area contributed by atoms with Gasteiger partial charge in [-0.05, 0) is 11.6 Å². The SMILES string of the molecule is COC(=O)C1=CN[C@@H](OC)[C@@H]2[C@@H]1C[C@@H]1c3[nH]c4ccccc4c3CC[N+]1([O-])[C@H]2CO. The molecule has 4 heterocycles. The van der Waals surface area contributed by atoms with E-state index in [4.69, 9.17) is 9.47 Å². The number of hydrogen-bond acceptors (Lipinski definition) is 6. The maximum atomic E-state index is 14.3. The molecule has 1 aromatic heterocycles. The minimum Gasteiger partial charge on any atom is -0.632 e. The topological polar surface area (TPSA) is 107 Å². The van der Waals surface area contributed by atoms with Crippen LogP contribution in [0.25, 0.3) is 10.9 Å². The lowest BCUT2D eigenvalue weighted by molar-refractivity contribution is -0.949. The van der Waals surface area contributed by atoms with Crippen LogP contribution in [0.2, 0.25) is 0 Å². The Morgan fingerprint density at radius 3 is 2.87 bits per heavy atom. The van der Waals surface area contributed by atoms with Crippen LogP contribution in [0.3, 0.4) is 0 Å². The molecule has 3 N–H and O–H groups in total. The summed E-state index contributed by atoms with van der Waals surface area (Å²) in [4.78, 5) is 16.0. The molecule has 0 bridgehead atoms. The molecule has 0 amide bonds. The molecule has 3 aliphatic rings. The first-order valence-corrected chi connectivity index (χ1v) is 10.4. The number of H-pyrrole nitrogens is 1. The molecule has 1 unspecified atom stereocenters. The standard InChI is InChI=1S/C22H27N3O5/c1-29-21-19-14(15(10-23-21)22(27)30-2)9-17-20-13(7-8-25(17,28)18(19)11-26)12-5-3-4-6-16(12)24-20/h3-6,10,14,17-19,21,23-24,26H,7-9,11H2,1-2H3/t14-,17-,18+,19-,21+,25?/m1/s1. The van der Waals surface area contributed by atoms with Crippen LogP contribution in [-0.2, 0) is 20.7 Å². The number of carbonyl (C=O) groups is 1. The summed E-state index contributed by atoms with van der Waals surface area (Å²) in [5, 5.41) is 28.9. The summed E-state index contributed by atoms with van der Waals surface area (Å²) in [6.07, 6.45) is 2.34. The highest BCUT2D eigenvalue weighted by molar-refractivity contribution is 5.89. The molecule has 2 aromatic rings. The van der Waals surface area contributed by atoms with Gasteiger partial charge in [0, 0.05) is 43.0 Å². The van der Waals surface area contributed by atoms with E-state index in [0.29, 0.717) is 25.0 Å². The molecule has 1 fully saturated rings. The van der Waals surface area contributed by atoms with E-state index >= 15 is 0 Å². The molecule has 0 aliphatic carbocycles. The second-order valence-corrected chi connectivity index (χ2v) is 8.49. The smallest absolute Gasteiger partial charge is 0.335 e. The average Bonchev–Trinajstić information content (AvgIpc) is 3.15. The molecular formula is C22H27N3O5. The van der Waals surface area contributed by atoms with Crippen molar-refractivity contribution < 1.29 is 24.0 Å². The van der Waals surface area contributed by atoms with Crippen LogP contribution in [0.1, 0.15) is 23.7 Å². The lowest BCUT2D eigenvalue weighted by atomic mass is 9.68. The summed E-state index contributed by atoms with van der Waals surface area (Å²) >= 11 is 0. The molecule has 8 heteroatoms. The number of aliphatic hydroxyl groups excluding tert-OH is 1. The molecule has 0 saturated carbocycles. The van der Waals surface area contributed by atoms with Gasteiger partial charge in [-0.15, -0.1) is 0 Å². The lowest BCUT2D eigenvalue weighted by Gasteiger charge is -2.63. The van der Waals surface area contributed by atoms with Gasteiger partial charge in [-0.1, -0.05) is 18.2 Å². The first-order chi connectivity index (χ1) is 14.5.